The van der Waals surface area contributed by atoms with Crippen LogP contribution in [0.2, 0.25) is 0 Å². The normalized spacial score (nSPS) is 10.8. The number of ether oxygens (including phenoxy) is 2. The molecular formula is C21H22N2O4. The molecule has 0 saturated carbocycles. The van der Waals surface area contributed by atoms with Crippen LogP contribution in [0.3, 0.4) is 0 Å². The van der Waals surface area contributed by atoms with Gasteiger partial charge in [0.25, 0.3) is 5.91 Å². The van der Waals surface area contributed by atoms with Crippen molar-refractivity contribution in [1.82, 2.24) is 0 Å². The standard InChI is InChI=1S/C21H22N2O4/c1-3-4-10-27-19-9-8-15(12-20(19)26-2)11-16(14-22)21(25)23-17-6-5-7-18(24)13-17/h5-9,11-13,24H,3-4,10H2,1-2H3,(H,23,25)/b16-11-. The number of hydrogen-bond acceptors (Lipinski definition) is 5. The van der Waals surface area contributed by atoms with Gasteiger partial charge < -0.3 is 19.9 Å². The number of nitrogens with one attached hydrogen (secondary N) is 1. The number of phenolic OH excluding ortho intramolecular Hbond substituents is 1. The number of nitrogens with zero attached hydrogens (tertiary/aromatic N) is 1. The lowest BCUT2D eigenvalue weighted by molar-refractivity contribution is -0.112. The van der Waals surface area contributed by atoms with Crippen molar-refractivity contribution in [2.45, 2.75) is 19.8 Å². The van der Waals surface area contributed by atoms with Crippen LogP contribution in [-0.4, -0.2) is 24.7 Å². The first-order valence-electron chi connectivity index (χ1n) is 8.60. The van der Waals surface area contributed by atoms with Gasteiger partial charge in [-0.3, -0.25) is 4.79 Å². The van der Waals surface area contributed by atoms with Crippen molar-refractivity contribution in [1.29, 1.82) is 5.26 Å². The molecule has 0 bridgehead atoms. The molecule has 2 aromatic carbocycles. The Morgan fingerprint density at radius 2 is 2.07 bits per heavy atom. The van der Waals surface area contributed by atoms with Crippen molar-refractivity contribution in [2.75, 3.05) is 19.0 Å². The summed E-state index contributed by atoms with van der Waals surface area (Å²) in [6.45, 7) is 2.68. The van der Waals surface area contributed by atoms with Crippen LogP contribution in [0.5, 0.6) is 17.2 Å². The van der Waals surface area contributed by atoms with E-state index in [4.69, 9.17) is 9.47 Å². The molecule has 0 aliphatic carbocycles. The number of carbonyl (C=O) groups is 1. The minimum absolute atomic E-state index is 0.0266. The summed E-state index contributed by atoms with van der Waals surface area (Å²) < 4.78 is 11.0. The molecule has 0 unspecified atom stereocenters. The van der Waals surface area contributed by atoms with E-state index < -0.39 is 5.91 Å². The molecule has 2 N–H and O–H groups in total. The van der Waals surface area contributed by atoms with Crippen LogP contribution >= 0.6 is 0 Å². The van der Waals surface area contributed by atoms with E-state index in [1.165, 1.54) is 25.3 Å². The highest BCUT2D eigenvalue weighted by Gasteiger charge is 2.11. The zero-order valence-electron chi connectivity index (χ0n) is 15.4. The van der Waals surface area contributed by atoms with E-state index in [2.05, 4.69) is 12.2 Å². The Morgan fingerprint density at radius 3 is 2.74 bits per heavy atom. The van der Waals surface area contributed by atoms with Crippen LogP contribution in [0.4, 0.5) is 5.69 Å². The Morgan fingerprint density at radius 1 is 1.26 bits per heavy atom. The third-order valence-electron chi connectivity index (χ3n) is 3.72. The molecule has 0 fully saturated rings. The van der Waals surface area contributed by atoms with Gasteiger partial charge in [-0.05, 0) is 42.3 Å². The summed E-state index contributed by atoms with van der Waals surface area (Å²) in [6, 6.07) is 13.2. The van der Waals surface area contributed by atoms with Crippen LogP contribution in [0, 0.1) is 11.3 Å². The second-order valence-electron chi connectivity index (χ2n) is 5.79. The van der Waals surface area contributed by atoms with Crippen molar-refractivity contribution in [3.8, 4) is 23.3 Å². The highest BCUT2D eigenvalue weighted by atomic mass is 16.5. The number of nitriles is 1. The molecule has 0 heterocycles. The quantitative estimate of drug-likeness (QED) is 0.416. The van der Waals surface area contributed by atoms with Crippen LogP contribution in [0.25, 0.3) is 6.08 Å². The second-order valence-corrected chi connectivity index (χ2v) is 5.79. The van der Waals surface area contributed by atoms with Gasteiger partial charge in [0.2, 0.25) is 0 Å². The minimum Gasteiger partial charge on any atom is -0.508 e. The number of phenols is 1. The van der Waals surface area contributed by atoms with Gasteiger partial charge in [0.15, 0.2) is 11.5 Å². The number of anilines is 1. The molecule has 0 spiro atoms. The summed E-state index contributed by atoms with van der Waals surface area (Å²) in [4.78, 5) is 12.3. The molecule has 0 saturated heterocycles. The summed E-state index contributed by atoms with van der Waals surface area (Å²) in [6.07, 6.45) is 3.44. The third-order valence-corrected chi connectivity index (χ3v) is 3.72. The lowest BCUT2D eigenvalue weighted by atomic mass is 10.1. The topological polar surface area (TPSA) is 91.6 Å². The number of aromatic hydroxyl groups is 1. The molecule has 0 aliphatic heterocycles. The predicted molar refractivity (Wildman–Crippen MR) is 104 cm³/mol. The maximum atomic E-state index is 12.3. The van der Waals surface area contributed by atoms with E-state index >= 15 is 0 Å². The van der Waals surface area contributed by atoms with Crippen LogP contribution < -0.4 is 14.8 Å². The molecular weight excluding hydrogens is 344 g/mol. The number of rotatable bonds is 8. The Bertz CT molecular complexity index is 869. The maximum absolute atomic E-state index is 12.3. The van der Waals surface area contributed by atoms with Gasteiger partial charge in [0.1, 0.15) is 17.4 Å². The molecule has 27 heavy (non-hydrogen) atoms. The van der Waals surface area contributed by atoms with Crippen molar-refractivity contribution < 1.29 is 19.4 Å². The second kappa shape index (κ2) is 9.88. The summed E-state index contributed by atoms with van der Waals surface area (Å²) in [5.74, 6) is 0.611. The largest absolute Gasteiger partial charge is 0.508 e. The van der Waals surface area contributed by atoms with Gasteiger partial charge in [-0.1, -0.05) is 25.5 Å². The maximum Gasteiger partial charge on any atom is 0.266 e. The van der Waals surface area contributed by atoms with E-state index in [1.807, 2.05) is 6.07 Å². The molecule has 6 heteroatoms. The lowest BCUT2D eigenvalue weighted by Gasteiger charge is -2.11. The molecule has 2 rings (SSSR count). The first-order chi connectivity index (χ1) is 13.1. The van der Waals surface area contributed by atoms with Gasteiger partial charge in [-0.2, -0.15) is 5.26 Å². The minimum atomic E-state index is -0.565. The molecule has 2 aromatic rings. The van der Waals surface area contributed by atoms with Crippen molar-refractivity contribution in [2.24, 2.45) is 0 Å². The fraction of sp³-hybridized carbons (Fsp3) is 0.238. The SMILES string of the molecule is CCCCOc1ccc(/C=C(/C#N)C(=O)Nc2cccc(O)c2)cc1OC. The summed E-state index contributed by atoms with van der Waals surface area (Å²) in [5.41, 5.74) is 0.968. The number of methoxy groups -OCH3 is 1. The van der Waals surface area contributed by atoms with Crippen molar-refractivity contribution in [3.05, 3.63) is 53.6 Å². The number of benzene rings is 2. The highest BCUT2D eigenvalue weighted by Crippen LogP contribution is 2.29. The van der Waals surface area contributed by atoms with Crippen LogP contribution in [0.1, 0.15) is 25.3 Å². The molecule has 1 amide bonds. The third kappa shape index (κ3) is 5.79. The molecule has 140 valence electrons. The van der Waals surface area contributed by atoms with E-state index in [0.717, 1.165) is 12.8 Å². The number of unbranched alkanes of at least 4 members (excludes halogenated alkanes) is 1. The van der Waals surface area contributed by atoms with E-state index in [0.29, 0.717) is 29.4 Å². The van der Waals surface area contributed by atoms with Gasteiger partial charge in [0, 0.05) is 11.8 Å². The number of amides is 1. The molecule has 6 nitrogen and oxygen atoms in total. The molecule has 0 atom stereocenters. The Kier molecular flexibility index (Phi) is 7.26. The van der Waals surface area contributed by atoms with E-state index in [-0.39, 0.29) is 11.3 Å². The van der Waals surface area contributed by atoms with Crippen LogP contribution in [-0.2, 0) is 4.79 Å². The summed E-state index contributed by atoms with van der Waals surface area (Å²) in [5, 5.41) is 21.4. The molecule has 0 radical (unpaired) electrons. The Hall–Kier alpha value is -3.46. The number of hydrogen-bond donors (Lipinski definition) is 2. The zero-order chi connectivity index (χ0) is 19.6. The first kappa shape index (κ1) is 19.9. The lowest BCUT2D eigenvalue weighted by Crippen LogP contribution is -2.13. The zero-order valence-corrected chi connectivity index (χ0v) is 15.4. The van der Waals surface area contributed by atoms with Gasteiger partial charge in [-0.15, -0.1) is 0 Å². The van der Waals surface area contributed by atoms with Crippen LogP contribution in [0.15, 0.2) is 48.0 Å². The molecule has 0 aliphatic rings. The smallest absolute Gasteiger partial charge is 0.266 e. The van der Waals surface area contributed by atoms with Gasteiger partial charge in [0.05, 0.1) is 13.7 Å². The van der Waals surface area contributed by atoms with E-state index in [9.17, 15) is 15.2 Å². The fourth-order valence-corrected chi connectivity index (χ4v) is 2.32. The van der Waals surface area contributed by atoms with Gasteiger partial charge >= 0.3 is 0 Å². The van der Waals surface area contributed by atoms with Gasteiger partial charge in [-0.25, -0.2) is 0 Å². The monoisotopic (exact) mass is 366 g/mol. The average molecular weight is 366 g/mol. The van der Waals surface area contributed by atoms with Crippen molar-refractivity contribution in [3.63, 3.8) is 0 Å². The predicted octanol–water partition coefficient (Wildman–Crippen LogP) is 4.13. The highest BCUT2D eigenvalue weighted by molar-refractivity contribution is 6.09. The Labute approximate surface area is 158 Å². The summed E-state index contributed by atoms with van der Waals surface area (Å²) >= 11 is 0. The number of carbonyl (C=O) groups excluding carboxylic acids is 1. The van der Waals surface area contributed by atoms with E-state index in [1.54, 1.807) is 30.3 Å². The first-order valence-corrected chi connectivity index (χ1v) is 8.60. The summed E-state index contributed by atoms with van der Waals surface area (Å²) in [7, 11) is 1.54. The van der Waals surface area contributed by atoms with Crippen molar-refractivity contribution >= 4 is 17.7 Å². The average Bonchev–Trinajstić information content (AvgIpc) is 2.66. The Balaban J connectivity index is 2.18. The molecule has 0 aromatic heterocycles. The fourth-order valence-electron chi connectivity index (χ4n) is 2.32.